The van der Waals surface area contributed by atoms with Gasteiger partial charge in [0.1, 0.15) is 5.78 Å². The van der Waals surface area contributed by atoms with Gasteiger partial charge in [-0.05, 0) is 56.5 Å². The Balaban J connectivity index is 2.31. The van der Waals surface area contributed by atoms with Gasteiger partial charge in [0.05, 0.1) is 0 Å². The molecule has 18 heavy (non-hydrogen) atoms. The molecule has 0 saturated heterocycles. The average molecular weight is 309 g/mol. The molecule has 1 aromatic carbocycles. The van der Waals surface area contributed by atoms with Crippen LogP contribution in [0.15, 0.2) is 40.9 Å². The summed E-state index contributed by atoms with van der Waals surface area (Å²) in [5.74, 6) is 0.249. The molecule has 0 N–H and O–H groups in total. The van der Waals surface area contributed by atoms with Gasteiger partial charge >= 0.3 is 0 Å². The zero-order valence-electron chi connectivity index (χ0n) is 10.5. The van der Waals surface area contributed by atoms with Crippen LogP contribution in [-0.4, -0.2) is 11.6 Å². The molecule has 0 heterocycles. The predicted molar refractivity (Wildman–Crippen MR) is 76.8 cm³/mol. The number of benzene rings is 1. The molecule has 1 rings (SSSR count). The zero-order valence-corrected chi connectivity index (χ0v) is 12.1. The fraction of sp³-hybridized carbons (Fsp3) is 0.333. The summed E-state index contributed by atoms with van der Waals surface area (Å²) in [6, 6.07) is 7.31. The van der Waals surface area contributed by atoms with E-state index >= 15 is 0 Å². The molecule has 0 aliphatic heterocycles. The molecule has 2 nitrogen and oxygen atoms in total. The molecule has 0 fully saturated rings. The molecule has 0 aliphatic rings. The van der Waals surface area contributed by atoms with Crippen molar-refractivity contribution in [3.05, 3.63) is 46.5 Å². The molecular weight excluding hydrogens is 292 g/mol. The molecule has 0 unspecified atom stereocenters. The SMILES string of the molecule is CC(=O)CCCC/C=C/C(=O)c1ccc(Br)cc1. The van der Waals surface area contributed by atoms with Crippen LogP contribution in [0, 0.1) is 0 Å². The van der Waals surface area contributed by atoms with Gasteiger partial charge < -0.3 is 4.79 Å². The third-order valence-corrected chi connectivity index (χ3v) is 3.08. The first-order chi connectivity index (χ1) is 8.59. The predicted octanol–water partition coefficient (Wildman–Crippen LogP) is 4.34. The summed E-state index contributed by atoms with van der Waals surface area (Å²) in [4.78, 5) is 22.5. The number of Topliss-reactive ketones (excluding diaryl/α,β-unsaturated/α-hetero) is 1. The largest absolute Gasteiger partial charge is 0.300 e. The van der Waals surface area contributed by atoms with E-state index < -0.39 is 0 Å². The molecule has 0 aliphatic carbocycles. The van der Waals surface area contributed by atoms with Crippen molar-refractivity contribution in [2.75, 3.05) is 0 Å². The smallest absolute Gasteiger partial charge is 0.185 e. The molecule has 0 bridgehead atoms. The van der Waals surface area contributed by atoms with Crippen molar-refractivity contribution in [1.82, 2.24) is 0 Å². The Labute approximate surface area is 116 Å². The summed E-state index contributed by atoms with van der Waals surface area (Å²) in [5, 5.41) is 0. The summed E-state index contributed by atoms with van der Waals surface area (Å²) in [6.45, 7) is 1.60. The lowest BCUT2D eigenvalue weighted by Crippen LogP contribution is -1.93. The van der Waals surface area contributed by atoms with Crippen LogP contribution in [0.4, 0.5) is 0 Å². The van der Waals surface area contributed by atoms with Gasteiger partial charge in [-0.3, -0.25) is 4.79 Å². The Hall–Kier alpha value is -1.22. The number of hydrogen-bond acceptors (Lipinski definition) is 2. The maximum atomic E-state index is 11.7. The Morgan fingerprint density at radius 2 is 1.83 bits per heavy atom. The van der Waals surface area contributed by atoms with Crippen LogP contribution in [0.2, 0.25) is 0 Å². The number of allylic oxidation sites excluding steroid dienone is 2. The van der Waals surface area contributed by atoms with Gasteiger partial charge in [-0.25, -0.2) is 0 Å². The van der Waals surface area contributed by atoms with Crippen molar-refractivity contribution in [1.29, 1.82) is 0 Å². The number of halogens is 1. The topological polar surface area (TPSA) is 34.1 Å². The van der Waals surface area contributed by atoms with E-state index in [0.29, 0.717) is 12.0 Å². The third kappa shape index (κ3) is 5.92. The second kappa shape index (κ2) is 7.98. The van der Waals surface area contributed by atoms with Crippen molar-refractivity contribution >= 4 is 27.5 Å². The molecule has 96 valence electrons. The maximum Gasteiger partial charge on any atom is 0.185 e. The molecule has 0 amide bonds. The summed E-state index contributed by atoms with van der Waals surface area (Å²) in [5.41, 5.74) is 0.693. The lowest BCUT2D eigenvalue weighted by atomic mass is 10.1. The van der Waals surface area contributed by atoms with Gasteiger partial charge in [-0.2, -0.15) is 0 Å². The van der Waals surface area contributed by atoms with Crippen LogP contribution in [0.3, 0.4) is 0 Å². The Morgan fingerprint density at radius 3 is 2.44 bits per heavy atom. The molecule has 3 heteroatoms. The van der Waals surface area contributed by atoms with E-state index in [-0.39, 0.29) is 11.6 Å². The fourth-order valence-electron chi connectivity index (χ4n) is 1.54. The summed E-state index contributed by atoms with van der Waals surface area (Å²) >= 11 is 3.33. The van der Waals surface area contributed by atoms with Crippen molar-refractivity contribution in [3.8, 4) is 0 Å². The van der Waals surface area contributed by atoms with E-state index in [1.54, 1.807) is 25.1 Å². The first-order valence-corrected chi connectivity index (χ1v) is 6.85. The number of ketones is 2. The number of carbonyl (C=O) groups is 2. The molecule has 0 radical (unpaired) electrons. The molecule has 0 atom stereocenters. The Morgan fingerprint density at radius 1 is 1.17 bits per heavy atom. The van der Waals surface area contributed by atoms with E-state index in [0.717, 1.165) is 23.7 Å². The number of unbranched alkanes of at least 4 members (excludes halogenated alkanes) is 2. The van der Waals surface area contributed by atoms with E-state index in [1.165, 1.54) is 0 Å². The van der Waals surface area contributed by atoms with Crippen molar-refractivity contribution in [3.63, 3.8) is 0 Å². The second-order valence-corrected chi connectivity index (χ2v) is 5.14. The fourth-order valence-corrected chi connectivity index (χ4v) is 1.80. The molecule has 0 aromatic heterocycles. The van der Waals surface area contributed by atoms with Gasteiger partial charge in [-0.15, -0.1) is 0 Å². The summed E-state index contributed by atoms with van der Waals surface area (Å²) in [6.07, 6.45) is 6.81. The third-order valence-electron chi connectivity index (χ3n) is 2.55. The van der Waals surface area contributed by atoms with Crippen LogP contribution in [-0.2, 0) is 4.79 Å². The van der Waals surface area contributed by atoms with Crippen LogP contribution in [0.25, 0.3) is 0 Å². The van der Waals surface area contributed by atoms with Crippen molar-refractivity contribution < 1.29 is 9.59 Å². The minimum absolute atomic E-state index is 0.0223. The number of rotatable bonds is 7. The standard InChI is InChI=1S/C15H17BrO2/c1-12(17)6-4-2-3-5-7-15(18)13-8-10-14(16)11-9-13/h5,7-11H,2-4,6H2,1H3/b7-5+. The highest BCUT2D eigenvalue weighted by Gasteiger charge is 2.00. The Bertz CT molecular complexity index is 432. The lowest BCUT2D eigenvalue weighted by Gasteiger charge is -1.96. The zero-order chi connectivity index (χ0) is 13.4. The molecule has 0 saturated carbocycles. The van der Waals surface area contributed by atoms with E-state index in [2.05, 4.69) is 15.9 Å². The van der Waals surface area contributed by atoms with Crippen LogP contribution in [0.1, 0.15) is 43.0 Å². The van der Waals surface area contributed by atoms with Crippen LogP contribution >= 0.6 is 15.9 Å². The van der Waals surface area contributed by atoms with Gasteiger partial charge in [-0.1, -0.05) is 22.0 Å². The van der Waals surface area contributed by atoms with Crippen molar-refractivity contribution in [2.45, 2.75) is 32.6 Å². The minimum Gasteiger partial charge on any atom is -0.300 e. The number of carbonyl (C=O) groups excluding carboxylic acids is 2. The van der Waals surface area contributed by atoms with Gasteiger partial charge in [0.25, 0.3) is 0 Å². The van der Waals surface area contributed by atoms with Crippen LogP contribution in [0.5, 0.6) is 0 Å². The summed E-state index contributed by atoms with van der Waals surface area (Å²) in [7, 11) is 0. The maximum absolute atomic E-state index is 11.7. The number of hydrogen-bond donors (Lipinski definition) is 0. The van der Waals surface area contributed by atoms with E-state index in [9.17, 15) is 9.59 Å². The molecular formula is C15H17BrO2. The van der Waals surface area contributed by atoms with Gasteiger partial charge in [0, 0.05) is 16.5 Å². The molecule has 1 aromatic rings. The molecule has 0 spiro atoms. The quantitative estimate of drug-likeness (QED) is 0.426. The average Bonchev–Trinajstić information content (AvgIpc) is 2.34. The summed E-state index contributed by atoms with van der Waals surface area (Å²) < 4.78 is 0.965. The first kappa shape index (κ1) is 14.8. The Kier molecular flexibility index (Phi) is 6.58. The second-order valence-electron chi connectivity index (χ2n) is 4.22. The van der Waals surface area contributed by atoms with Crippen LogP contribution < -0.4 is 0 Å². The van der Waals surface area contributed by atoms with Gasteiger partial charge in [0.15, 0.2) is 5.78 Å². The highest BCUT2D eigenvalue weighted by Crippen LogP contribution is 2.11. The minimum atomic E-state index is 0.0223. The lowest BCUT2D eigenvalue weighted by molar-refractivity contribution is -0.117. The monoisotopic (exact) mass is 308 g/mol. The van der Waals surface area contributed by atoms with Crippen molar-refractivity contribution in [2.24, 2.45) is 0 Å². The normalized spacial score (nSPS) is 10.8. The van der Waals surface area contributed by atoms with Gasteiger partial charge in [0.2, 0.25) is 0 Å². The van der Waals surface area contributed by atoms with E-state index in [1.807, 2.05) is 18.2 Å². The highest BCUT2D eigenvalue weighted by molar-refractivity contribution is 9.10. The highest BCUT2D eigenvalue weighted by atomic mass is 79.9. The van der Waals surface area contributed by atoms with E-state index in [4.69, 9.17) is 0 Å². The first-order valence-electron chi connectivity index (χ1n) is 6.05.